The molecule has 2 aromatic carbocycles. The van der Waals surface area contributed by atoms with E-state index in [-0.39, 0.29) is 17.8 Å². The molecule has 0 radical (unpaired) electrons. The van der Waals surface area contributed by atoms with Crippen LogP contribution in [0.3, 0.4) is 0 Å². The Morgan fingerprint density at radius 2 is 1.76 bits per heavy atom. The van der Waals surface area contributed by atoms with Gasteiger partial charge in [-0.3, -0.25) is 0 Å². The Hall–Kier alpha value is -0.930. The van der Waals surface area contributed by atoms with Gasteiger partial charge in [-0.1, -0.05) is 47.8 Å². The van der Waals surface area contributed by atoms with Crippen molar-refractivity contribution in [2.75, 3.05) is 7.11 Å². The van der Waals surface area contributed by atoms with Crippen LogP contribution in [0.25, 0.3) is 0 Å². The molecule has 1 fully saturated rings. The van der Waals surface area contributed by atoms with Gasteiger partial charge in [-0.2, -0.15) is 0 Å². The Balaban J connectivity index is 0.00000225. The second-order valence-corrected chi connectivity index (χ2v) is 7.40. The van der Waals surface area contributed by atoms with Gasteiger partial charge in [0.2, 0.25) is 0 Å². The number of hydrogen-bond donors (Lipinski definition) is 1. The Morgan fingerprint density at radius 3 is 2.28 bits per heavy atom. The number of benzene rings is 2. The SMILES string of the molecule is COc1ccc(CNC(C)C2(c3ccc(Cl)c(Cl)c3)CCC2)cc1.Cl. The van der Waals surface area contributed by atoms with E-state index in [0.717, 1.165) is 12.3 Å². The maximum atomic E-state index is 6.24. The summed E-state index contributed by atoms with van der Waals surface area (Å²) in [4.78, 5) is 0. The van der Waals surface area contributed by atoms with Crippen molar-refractivity contribution in [3.05, 3.63) is 63.6 Å². The van der Waals surface area contributed by atoms with Crippen LogP contribution in [-0.2, 0) is 12.0 Å². The number of nitrogens with one attached hydrogen (secondary N) is 1. The average Bonchev–Trinajstić information content (AvgIpc) is 2.55. The predicted molar refractivity (Wildman–Crippen MR) is 109 cm³/mol. The average molecular weight is 401 g/mol. The van der Waals surface area contributed by atoms with Crippen LogP contribution >= 0.6 is 35.6 Å². The molecule has 25 heavy (non-hydrogen) atoms. The van der Waals surface area contributed by atoms with Crippen LogP contribution in [0, 0.1) is 0 Å². The highest BCUT2D eigenvalue weighted by Gasteiger charge is 2.43. The molecule has 1 atom stereocenters. The lowest BCUT2D eigenvalue weighted by atomic mass is 9.60. The Bertz CT molecular complexity index is 699. The van der Waals surface area contributed by atoms with Gasteiger partial charge in [0.05, 0.1) is 17.2 Å². The second kappa shape index (κ2) is 8.64. The molecule has 0 aromatic heterocycles. The monoisotopic (exact) mass is 399 g/mol. The molecule has 1 saturated carbocycles. The first kappa shape index (κ1) is 20.4. The molecule has 1 N–H and O–H groups in total. The topological polar surface area (TPSA) is 21.3 Å². The second-order valence-electron chi connectivity index (χ2n) is 6.59. The molecule has 0 aliphatic heterocycles. The lowest BCUT2D eigenvalue weighted by Crippen LogP contribution is -2.50. The molecule has 0 heterocycles. The van der Waals surface area contributed by atoms with Crippen LogP contribution < -0.4 is 10.1 Å². The summed E-state index contributed by atoms with van der Waals surface area (Å²) in [6, 6.07) is 14.6. The number of halogens is 3. The molecule has 1 aliphatic rings. The zero-order chi connectivity index (χ0) is 17.2. The lowest BCUT2D eigenvalue weighted by Gasteiger charge is -2.47. The van der Waals surface area contributed by atoms with Gasteiger partial charge in [0.1, 0.15) is 5.75 Å². The molecular weight excluding hydrogens is 377 g/mol. The van der Waals surface area contributed by atoms with E-state index in [1.165, 1.54) is 30.4 Å². The van der Waals surface area contributed by atoms with Crippen LogP contribution in [-0.4, -0.2) is 13.2 Å². The fourth-order valence-electron chi connectivity index (χ4n) is 3.54. The maximum absolute atomic E-state index is 6.24. The Kier molecular flexibility index (Phi) is 7.04. The van der Waals surface area contributed by atoms with E-state index >= 15 is 0 Å². The van der Waals surface area contributed by atoms with Gasteiger partial charge in [-0.15, -0.1) is 12.4 Å². The Morgan fingerprint density at radius 1 is 1.08 bits per heavy atom. The molecule has 0 saturated heterocycles. The normalized spacial score (nSPS) is 16.5. The first-order valence-corrected chi connectivity index (χ1v) is 9.12. The van der Waals surface area contributed by atoms with Crippen LogP contribution in [0.15, 0.2) is 42.5 Å². The van der Waals surface area contributed by atoms with Crippen molar-refractivity contribution >= 4 is 35.6 Å². The number of rotatable bonds is 6. The number of hydrogen-bond acceptors (Lipinski definition) is 2. The highest BCUT2D eigenvalue weighted by atomic mass is 35.5. The molecule has 2 aromatic rings. The van der Waals surface area contributed by atoms with E-state index in [4.69, 9.17) is 27.9 Å². The molecule has 0 amide bonds. The fourth-order valence-corrected chi connectivity index (χ4v) is 3.84. The molecule has 1 unspecified atom stereocenters. The molecule has 3 rings (SSSR count). The maximum Gasteiger partial charge on any atom is 0.118 e. The summed E-state index contributed by atoms with van der Waals surface area (Å²) in [7, 11) is 1.69. The zero-order valence-corrected chi connectivity index (χ0v) is 16.8. The van der Waals surface area contributed by atoms with Crippen LogP contribution in [0.5, 0.6) is 5.75 Å². The standard InChI is InChI=1S/C20H23Cl2NO.ClH/c1-14(23-13-15-4-7-17(24-2)8-5-15)20(10-3-11-20)16-6-9-18(21)19(22)12-16;/h4-9,12,14,23H,3,10-11,13H2,1-2H3;1H. The minimum absolute atomic E-state index is 0. The van der Waals surface area contributed by atoms with Gasteiger partial charge in [0.15, 0.2) is 0 Å². The van der Waals surface area contributed by atoms with Crippen molar-refractivity contribution in [2.45, 2.75) is 44.2 Å². The van der Waals surface area contributed by atoms with Crippen LogP contribution in [0.4, 0.5) is 0 Å². The molecular formula is C20H24Cl3NO. The predicted octanol–water partition coefficient (Wildman–Crippen LogP) is 6.02. The third kappa shape index (κ3) is 4.25. The van der Waals surface area contributed by atoms with Crippen molar-refractivity contribution < 1.29 is 4.74 Å². The van der Waals surface area contributed by atoms with Gasteiger partial charge >= 0.3 is 0 Å². The fraction of sp³-hybridized carbons (Fsp3) is 0.400. The van der Waals surface area contributed by atoms with Gasteiger partial charge < -0.3 is 10.1 Å². The quantitative estimate of drug-likeness (QED) is 0.639. The van der Waals surface area contributed by atoms with Crippen molar-refractivity contribution in [2.24, 2.45) is 0 Å². The van der Waals surface area contributed by atoms with Gasteiger partial charge in [-0.05, 0) is 55.2 Å². The van der Waals surface area contributed by atoms with E-state index in [9.17, 15) is 0 Å². The number of ether oxygens (including phenoxy) is 1. The van der Waals surface area contributed by atoms with E-state index in [2.05, 4.69) is 30.4 Å². The summed E-state index contributed by atoms with van der Waals surface area (Å²) in [6.07, 6.45) is 3.62. The molecule has 0 bridgehead atoms. The summed E-state index contributed by atoms with van der Waals surface area (Å²) < 4.78 is 5.21. The molecule has 136 valence electrons. The van der Waals surface area contributed by atoms with E-state index in [1.54, 1.807) is 7.11 Å². The van der Waals surface area contributed by atoms with Crippen molar-refractivity contribution in [1.29, 1.82) is 0 Å². The third-order valence-electron chi connectivity index (χ3n) is 5.34. The lowest BCUT2D eigenvalue weighted by molar-refractivity contribution is 0.178. The van der Waals surface area contributed by atoms with E-state index in [1.807, 2.05) is 24.3 Å². The van der Waals surface area contributed by atoms with Crippen molar-refractivity contribution in [1.82, 2.24) is 5.32 Å². The van der Waals surface area contributed by atoms with Gasteiger partial charge in [0.25, 0.3) is 0 Å². The highest BCUT2D eigenvalue weighted by Crippen LogP contribution is 2.47. The molecule has 1 aliphatic carbocycles. The summed E-state index contributed by atoms with van der Waals surface area (Å²) in [5.74, 6) is 0.887. The number of methoxy groups -OCH3 is 1. The summed E-state index contributed by atoms with van der Waals surface area (Å²) >= 11 is 12.3. The van der Waals surface area contributed by atoms with E-state index < -0.39 is 0 Å². The van der Waals surface area contributed by atoms with Gasteiger partial charge in [0, 0.05) is 18.0 Å². The minimum Gasteiger partial charge on any atom is -0.497 e. The highest BCUT2D eigenvalue weighted by molar-refractivity contribution is 6.42. The molecule has 5 heteroatoms. The van der Waals surface area contributed by atoms with Gasteiger partial charge in [-0.25, -0.2) is 0 Å². The minimum atomic E-state index is 0. The first-order chi connectivity index (χ1) is 11.5. The largest absolute Gasteiger partial charge is 0.497 e. The van der Waals surface area contributed by atoms with Crippen molar-refractivity contribution in [3.63, 3.8) is 0 Å². The first-order valence-electron chi connectivity index (χ1n) is 8.37. The van der Waals surface area contributed by atoms with Crippen LogP contribution in [0.2, 0.25) is 10.0 Å². The van der Waals surface area contributed by atoms with E-state index in [0.29, 0.717) is 16.1 Å². The smallest absolute Gasteiger partial charge is 0.118 e. The third-order valence-corrected chi connectivity index (χ3v) is 6.08. The van der Waals surface area contributed by atoms with Crippen LogP contribution in [0.1, 0.15) is 37.3 Å². The van der Waals surface area contributed by atoms with Crippen molar-refractivity contribution in [3.8, 4) is 5.75 Å². The zero-order valence-electron chi connectivity index (χ0n) is 14.5. The summed E-state index contributed by atoms with van der Waals surface area (Å²) in [6.45, 7) is 3.11. The Labute approximate surface area is 166 Å². The summed E-state index contributed by atoms with van der Waals surface area (Å²) in [5.41, 5.74) is 2.70. The summed E-state index contributed by atoms with van der Waals surface area (Å²) in [5, 5.41) is 4.96. The molecule has 0 spiro atoms. The molecule has 2 nitrogen and oxygen atoms in total.